The average Bonchev–Trinajstić information content (AvgIpc) is 3.01. The van der Waals surface area contributed by atoms with Crippen LogP contribution in [0.3, 0.4) is 0 Å². The van der Waals surface area contributed by atoms with Gasteiger partial charge in [-0.2, -0.15) is 11.8 Å². The number of aliphatic hydroxyl groups is 2. The molecule has 1 aliphatic rings. The molecule has 0 unspecified atom stereocenters. The highest BCUT2D eigenvalue weighted by Gasteiger charge is 2.43. The maximum atomic E-state index is 10.2. The molecule has 0 aromatic carbocycles. The van der Waals surface area contributed by atoms with Gasteiger partial charge in [-0.3, -0.25) is 4.57 Å². The van der Waals surface area contributed by atoms with Gasteiger partial charge in [-0.05, 0) is 6.18 Å². The van der Waals surface area contributed by atoms with Gasteiger partial charge in [0.1, 0.15) is 24.1 Å². The lowest BCUT2D eigenvalue weighted by Gasteiger charge is -2.16. The van der Waals surface area contributed by atoms with Gasteiger partial charge in [-0.1, -0.05) is 0 Å². The monoisotopic (exact) mass is 300 g/mol. The molecule has 3 rings (SSSR count). The van der Waals surface area contributed by atoms with E-state index in [-0.39, 0.29) is 11.6 Å². The van der Waals surface area contributed by atoms with Crippen molar-refractivity contribution in [3.8, 4) is 0 Å². The first-order valence-electron chi connectivity index (χ1n) is 7.36. The summed E-state index contributed by atoms with van der Waals surface area (Å²) in [5.74, 6) is 0.214. The quantitative estimate of drug-likeness (QED) is 0.687. The number of nitrogens with two attached hydrogens (primary N) is 1. The molecule has 1 fully saturated rings. The number of rotatable bonds is 3. The SMILES string of the molecule is [2H]C([2H])([2H])SC[C@@H]1O[C@H](n2cnc3c(N)ncnc32)[C@@H](O)[C@H]1O. The normalized spacial score (nSPS) is 33.0. The molecule has 2 aromatic rings. The minimum Gasteiger partial charge on any atom is -0.387 e. The Balaban J connectivity index is 1.84. The summed E-state index contributed by atoms with van der Waals surface area (Å²) in [4.78, 5) is 12.0. The van der Waals surface area contributed by atoms with Crippen LogP contribution in [0.4, 0.5) is 5.82 Å². The van der Waals surface area contributed by atoms with Gasteiger partial charge in [0.25, 0.3) is 0 Å². The Morgan fingerprint density at radius 3 is 3.10 bits per heavy atom. The van der Waals surface area contributed by atoms with E-state index in [0.29, 0.717) is 22.9 Å². The highest BCUT2D eigenvalue weighted by molar-refractivity contribution is 7.98. The van der Waals surface area contributed by atoms with Gasteiger partial charge in [0, 0.05) is 9.87 Å². The van der Waals surface area contributed by atoms with Crippen LogP contribution < -0.4 is 5.73 Å². The fraction of sp³-hybridized carbons (Fsp3) is 0.545. The number of ether oxygens (including phenoxy) is 1. The van der Waals surface area contributed by atoms with Gasteiger partial charge in [-0.15, -0.1) is 0 Å². The van der Waals surface area contributed by atoms with Crippen molar-refractivity contribution in [3.63, 3.8) is 0 Å². The number of imidazole rings is 1. The largest absolute Gasteiger partial charge is 0.387 e. The summed E-state index contributed by atoms with van der Waals surface area (Å²) in [7, 11) is 0. The molecule has 108 valence electrons. The van der Waals surface area contributed by atoms with Crippen molar-refractivity contribution in [3.05, 3.63) is 12.7 Å². The third kappa shape index (κ3) is 2.03. The Morgan fingerprint density at radius 2 is 2.30 bits per heavy atom. The van der Waals surface area contributed by atoms with E-state index in [0.717, 1.165) is 0 Å². The number of hydrogen-bond acceptors (Lipinski definition) is 8. The molecule has 0 radical (unpaired) electrons. The van der Waals surface area contributed by atoms with Gasteiger partial charge in [-0.25, -0.2) is 15.0 Å². The number of hydrogen-bond donors (Lipinski definition) is 3. The van der Waals surface area contributed by atoms with Gasteiger partial charge in [0.05, 0.1) is 12.4 Å². The smallest absolute Gasteiger partial charge is 0.167 e. The first-order chi connectivity index (χ1) is 10.8. The molecule has 3 heterocycles. The number of thioether (sulfide) groups is 1. The third-order valence-corrected chi connectivity index (χ3v) is 3.74. The lowest BCUT2D eigenvalue weighted by Crippen LogP contribution is -2.32. The summed E-state index contributed by atoms with van der Waals surface area (Å²) in [6.45, 7) is 0. The molecule has 4 N–H and O–H groups in total. The van der Waals surface area contributed by atoms with E-state index in [4.69, 9.17) is 14.6 Å². The van der Waals surface area contributed by atoms with Crippen LogP contribution in [0.25, 0.3) is 11.2 Å². The zero-order chi connectivity index (χ0) is 16.8. The van der Waals surface area contributed by atoms with Crippen molar-refractivity contribution < 1.29 is 19.1 Å². The number of aromatic nitrogens is 4. The van der Waals surface area contributed by atoms with E-state index < -0.39 is 30.7 Å². The van der Waals surface area contributed by atoms with Crippen LogP contribution in [-0.4, -0.2) is 60.0 Å². The summed E-state index contributed by atoms with van der Waals surface area (Å²) < 4.78 is 28.6. The van der Waals surface area contributed by atoms with Crippen LogP contribution in [0.15, 0.2) is 12.7 Å². The molecule has 20 heavy (non-hydrogen) atoms. The first kappa shape index (κ1) is 10.3. The fourth-order valence-electron chi connectivity index (χ4n) is 2.24. The van der Waals surface area contributed by atoms with Gasteiger partial charge in [0.15, 0.2) is 17.7 Å². The molecule has 1 aliphatic heterocycles. The molecule has 0 bridgehead atoms. The van der Waals surface area contributed by atoms with Crippen molar-refractivity contribution >= 4 is 28.7 Å². The molecule has 1 saturated heterocycles. The molecule has 0 spiro atoms. The minimum atomic E-state index is -2.20. The fourth-order valence-corrected chi connectivity index (χ4v) is 2.68. The van der Waals surface area contributed by atoms with Crippen molar-refractivity contribution in [1.82, 2.24) is 19.5 Å². The van der Waals surface area contributed by atoms with Crippen LogP contribution in [0.1, 0.15) is 10.3 Å². The van der Waals surface area contributed by atoms with E-state index in [1.807, 2.05) is 0 Å². The number of nitrogen functional groups attached to an aromatic ring is 1. The molecule has 4 atom stereocenters. The molecular weight excluding hydrogens is 282 g/mol. The Kier molecular flexibility index (Phi) is 2.67. The predicted molar refractivity (Wildman–Crippen MR) is 74.0 cm³/mol. The zero-order valence-corrected chi connectivity index (χ0v) is 11.1. The van der Waals surface area contributed by atoms with Crippen molar-refractivity contribution in [2.45, 2.75) is 24.5 Å². The lowest BCUT2D eigenvalue weighted by atomic mass is 10.1. The molecule has 0 saturated carbocycles. The number of fused-ring (bicyclic) bond motifs is 1. The number of aliphatic hydroxyl groups excluding tert-OH is 2. The summed E-state index contributed by atoms with van der Waals surface area (Å²) in [6, 6.07) is 0. The van der Waals surface area contributed by atoms with E-state index >= 15 is 0 Å². The maximum absolute atomic E-state index is 10.2. The second-order valence-electron chi connectivity index (χ2n) is 4.44. The first-order valence-corrected chi connectivity index (χ1v) is 6.85. The Bertz CT molecular complexity index is 712. The Morgan fingerprint density at radius 1 is 1.45 bits per heavy atom. The lowest BCUT2D eigenvalue weighted by molar-refractivity contribution is -0.0288. The topological polar surface area (TPSA) is 119 Å². The second-order valence-corrected chi connectivity index (χ2v) is 5.06. The second kappa shape index (κ2) is 5.17. The molecule has 2 aromatic heterocycles. The van der Waals surface area contributed by atoms with Crippen molar-refractivity contribution in [2.24, 2.45) is 0 Å². The average molecular weight is 300 g/mol. The summed E-state index contributed by atoms with van der Waals surface area (Å²) in [5.41, 5.74) is 6.43. The Hall–Kier alpha value is -1.42. The molecule has 0 aliphatic carbocycles. The van der Waals surface area contributed by atoms with Gasteiger partial charge >= 0.3 is 0 Å². The Labute approximate surface area is 123 Å². The zero-order valence-electron chi connectivity index (χ0n) is 13.2. The molecule has 0 amide bonds. The third-order valence-electron chi connectivity index (χ3n) is 3.25. The standard InChI is InChI=1S/C11H15N5O3S/c1-20-2-5-7(17)8(18)11(19-5)16-4-15-6-9(12)13-3-14-10(6)16/h3-5,7-8,11,17-18H,2H2,1H3,(H2,12,13,14)/t5-,7-,8-,11-/m0/s1/i1D3. The number of nitrogens with zero attached hydrogens (tertiary/aromatic N) is 4. The predicted octanol–water partition coefficient (Wildman–Crippen LogP) is -0.609. The minimum absolute atomic E-state index is 0.0228. The highest BCUT2D eigenvalue weighted by Crippen LogP contribution is 2.32. The van der Waals surface area contributed by atoms with E-state index in [1.54, 1.807) is 0 Å². The summed E-state index contributed by atoms with van der Waals surface area (Å²) in [5, 5.41) is 20.3. The maximum Gasteiger partial charge on any atom is 0.167 e. The van der Waals surface area contributed by atoms with Crippen LogP contribution in [0, 0.1) is 0 Å². The summed E-state index contributed by atoms with van der Waals surface area (Å²) >= 11 is 0.675. The van der Waals surface area contributed by atoms with Crippen LogP contribution in [0.2, 0.25) is 0 Å². The number of anilines is 1. The highest BCUT2D eigenvalue weighted by atomic mass is 32.2. The molecule has 9 heteroatoms. The van der Waals surface area contributed by atoms with Gasteiger partial charge < -0.3 is 20.7 Å². The van der Waals surface area contributed by atoms with Crippen LogP contribution >= 0.6 is 11.8 Å². The van der Waals surface area contributed by atoms with E-state index in [2.05, 4.69) is 15.0 Å². The summed E-state index contributed by atoms with van der Waals surface area (Å²) in [6.07, 6.45) is -3.78. The van der Waals surface area contributed by atoms with Crippen molar-refractivity contribution in [2.75, 3.05) is 17.7 Å². The molecule has 8 nitrogen and oxygen atoms in total. The van der Waals surface area contributed by atoms with Crippen molar-refractivity contribution in [1.29, 1.82) is 0 Å². The van der Waals surface area contributed by atoms with Crippen LogP contribution in [-0.2, 0) is 4.74 Å². The van der Waals surface area contributed by atoms with E-state index in [9.17, 15) is 10.2 Å². The van der Waals surface area contributed by atoms with E-state index in [1.165, 1.54) is 17.2 Å². The van der Waals surface area contributed by atoms with Gasteiger partial charge in [0.2, 0.25) is 0 Å². The van der Waals surface area contributed by atoms with Crippen LogP contribution in [0.5, 0.6) is 0 Å². The molecular formula is C11H15N5O3S.